The van der Waals surface area contributed by atoms with E-state index in [9.17, 15) is 14.0 Å². The zero-order chi connectivity index (χ0) is 17.8. The molecular formula is C18H15FN4O2. The summed E-state index contributed by atoms with van der Waals surface area (Å²) in [5.74, 6) is -1.41. The lowest BCUT2D eigenvalue weighted by Crippen LogP contribution is -2.14. The van der Waals surface area contributed by atoms with Crippen LogP contribution < -0.4 is 11.1 Å². The second kappa shape index (κ2) is 6.96. The highest BCUT2D eigenvalue weighted by atomic mass is 19.1. The number of rotatable bonds is 5. The second-order valence-electron chi connectivity index (χ2n) is 5.41. The average molecular weight is 338 g/mol. The Morgan fingerprint density at radius 3 is 2.52 bits per heavy atom. The van der Waals surface area contributed by atoms with Gasteiger partial charge in [-0.05, 0) is 42.0 Å². The molecule has 1 aromatic heterocycles. The first-order valence-corrected chi connectivity index (χ1v) is 7.51. The van der Waals surface area contributed by atoms with Gasteiger partial charge in [0.05, 0.1) is 6.42 Å². The lowest BCUT2D eigenvalue weighted by molar-refractivity contribution is -0.117. The molecule has 3 aromatic rings. The molecule has 0 aliphatic heterocycles. The molecule has 25 heavy (non-hydrogen) atoms. The minimum absolute atomic E-state index is 0.133. The lowest BCUT2D eigenvalue weighted by Gasteiger charge is -2.08. The minimum atomic E-state index is -0.548. The number of anilines is 1. The molecular weight excluding hydrogens is 323 g/mol. The van der Waals surface area contributed by atoms with Gasteiger partial charge in [-0.3, -0.25) is 9.59 Å². The molecule has 0 saturated heterocycles. The van der Waals surface area contributed by atoms with E-state index in [0.29, 0.717) is 5.69 Å². The summed E-state index contributed by atoms with van der Waals surface area (Å²) in [6, 6.07) is 12.6. The summed E-state index contributed by atoms with van der Waals surface area (Å²) in [4.78, 5) is 23.1. The molecule has 0 spiro atoms. The Labute approximate surface area is 143 Å². The number of nitrogens with two attached hydrogens (primary N) is 1. The largest absolute Gasteiger partial charge is 0.369 e. The third-order valence-electron chi connectivity index (χ3n) is 3.55. The fourth-order valence-electron chi connectivity index (χ4n) is 2.36. The van der Waals surface area contributed by atoms with Gasteiger partial charge >= 0.3 is 0 Å². The highest BCUT2D eigenvalue weighted by molar-refractivity contribution is 6.04. The van der Waals surface area contributed by atoms with Crippen molar-refractivity contribution in [2.24, 2.45) is 5.73 Å². The van der Waals surface area contributed by atoms with Crippen LogP contribution in [-0.2, 0) is 11.2 Å². The topological polar surface area (TPSA) is 90.0 Å². The van der Waals surface area contributed by atoms with Crippen LogP contribution in [0.3, 0.4) is 0 Å². The molecule has 3 rings (SSSR count). The van der Waals surface area contributed by atoms with Gasteiger partial charge in [-0.15, -0.1) is 0 Å². The number of aromatic nitrogens is 2. The number of nitrogens with one attached hydrogen (secondary N) is 1. The standard InChI is InChI=1S/C18H15FN4O2/c19-15-11-13(4-7-16(15)23-9-1-8-21-23)18(25)22-14-5-2-12(3-6-14)10-17(20)24/h1-9,11H,10H2,(H2,20,24)(H,22,25). The van der Waals surface area contributed by atoms with Crippen LogP contribution >= 0.6 is 0 Å². The molecule has 0 saturated carbocycles. The van der Waals surface area contributed by atoms with E-state index >= 15 is 0 Å². The van der Waals surface area contributed by atoms with E-state index < -0.39 is 17.6 Å². The van der Waals surface area contributed by atoms with Crippen molar-refractivity contribution in [3.63, 3.8) is 0 Å². The Hall–Kier alpha value is -3.48. The van der Waals surface area contributed by atoms with Crippen molar-refractivity contribution in [1.82, 2.24) is 9.78 Å². The van der Waals surface area contributed by atoms with Gasteiger partial charge in [-0.1, -0.05) is 12.1 Å². The molecule has 7 heteroatoms. The van der Waals surface area contributed by atoms with Crippen molar-refractivity contribution in [1.29, 1.82) is 0 Å². The number of primary amides is 1. The molecule has 0 aliphatic rings. The smallest absolute Gasteiger partial charge is 0.255 e. The summed E-state index contributed by atoms with van der Waals surface area (Å²) in [6.45, 7) is 0. The Morgan fingerprint density at radius 1 is 1.16 bits per heavy atom. The van der Waals surface area contributed by atoms with Gasteiger partial charge in [0.25, 0.3) is 5.91 Å². The molecule has 0 bridgehead atoms. The maximum absolute atomic E-state index is 14.2. The Kier molecular flexibility index (Phi) is 4.56. The van der Waals surface area contributed by atoms with E-state index in [1.165, 1.54) is 16.8 Å². The van der Waals surface area contributed by atoms with Crippen molar-refractivity contribution in [2.45, 2.75) is 6.42 Å². The maximum atomic E-state index is 14.2. The minimum Gasteiger partial charge on any atom is -0.369 e. The summed E-state index contributed by atoms with van der Waals surface area (Å²) in [7, 11) is 0. The Balaban J connectivity index is 1.73. The van der Waals surface area contributed by atoms with Crippen LogP contribution in [-0.4, -0.2) is 21.6 Å². The lowest BCUT2D eigenvalue weighted by atomic mass is 10.1. The zero-order valence-corrected chi connectivity index (χ0v) is 13.1. The third kappa shape index (κ3) is 3.89. The van der Waals surface area contributed by atoms with Crippen LogP contribution in [0.5, 0.6) is 0 Å². The van der Waals surface area contributed by atoms with Crippen molar-refractivity contribution < 1.29 is 14.0 Å². The van der Waals surface area contributed by atoms with E-state index in [4.69, 9.17) is 5.73 Å². The van der Waals surface area contributed by atoms with Gasteiger partial charge in [-0.25, -0.2) is 9.07 Å². The molecule has 0 aliphatic carbocycles. The van der Waals surface area contributed by atoms with Crippen LogP contribution in [0.4, 0.5) is 10.1 Å². The van der Waals surface area contributed by atoms with Gasteiger partial charge in [0, 0.05) is 23.6 Å². The van der Waals surface area contributed by atoms with Crippen molar-refractivity contribution in [2.75, 3.05) is 5.32 Å². The molecule has 6 nitrogen and oxygen atoms in total. The molecule has 126 valence electrons. The molecule has 0 unspecified atom stereocenters. The number of benzene rings is 2. The number of nitrogens with zero attached hydrogens (tertiary/aromatic N) is 2. The normalized spacial score (nSPS) is 10.4. The van der Waals surface area contributed by atoms with E-state index in [1.807, 2.05) is 0 Å². The zero-order valence-electron chi connectivity index (χ0n) is 13.1. The first-order chi connectivity index (χ1) is 12.0. The predicted molar refractivity (Wildman–Crippen MR) is 90.8 cm³/mol. The summed E-state index contributed by atoms with van der Waals surface area (Å²) >= 11 is 0. The van der Waals surface area contributed by atoms with Crippen LogP contribution in [0.1, 0.15) is 15.9 Å². The van der Waals surface area contributed by atoms with Crippen molar-refractivity contribution >= 4 is 17.5 Å². The molecule has 1 heterocycles. The van der Waals surface area contributed by atoms with Gasteiger partial charge in [-0.2, -0.15) is 5.10 Å². The second-order valence-corrected chi connectivity index (χ2v) is 5.41. The van der Waals surface area contributed by atoms with E-state index in [-0.39, 0.29) is 17.7 Å². The third-order valence-corrected chi connectivity index (χ3v) is 3.55. The first-order valence-electron chi connectivity index (χ1n) is 7.51. The number of carbonyl (C=O) groups excluding carboxylic acids is 2. The van der Waals surface area contributed by atoms with Crippen LogP contribution in [0, 0.1) is 5.82 Å². The molecule has 2 aromatic carbocycles. The van der Waals surface area contributed by atoms with Gasteiger partial charge in [0.15, 0.2) is 0 Å². The summed E-state index contributed by atoms with van der Waals surface area (Å²) < 4.78 is 15.6. The highest BCUT2D eigenvalue weighted by Crippen LogP contribution is 2.16. The Morgan fingerprint density at radius 2 is 1.92 bits per heavy atom. The summed E-state index contributed by atoms with van der Waals surface area (Å²) in [5, 5.41) is 6.64. The SMILES string of the molecule is NC(=O)Cc1ccc(NC(=O)c2ccc(-n3cccn3)c(F)c2)cc1. The number of halogens is 1. The van der Waals surface area contributed by atoms with E-state index in [0.717, 1.165) is 11.6 Å². The predicted octanol–water partition coefficient (Wildman–Crippen LogP) is 2.29. The number of carbonyl (C=O) groups is 2. The maximum Gasteiger partial charge on any atom is 0.255 e. The van der Waals surface area contributed by atoms with Gasteiger partial charge in [0.2, 0.25) is 5.91 Å². The van der Waals surface area contributed by atoms with Crippen LogP contribution in [0.15, 0.2) is 60.9 Å². The number of amides is 2. The van der Waals surface area contributed by atoms with Crippen LogP contribution in [0.25, 0.3) is 5.69 Å². The van der Waals surface area contributed by atoms with E-state index in [2.05, 4.69) is 10.4 Å². The van der Waals surface area contributed by atoms with Crippen molar-refractivity contribution in [3.8, 4) is 5.69 Å². The van der Waals surface area contributed by atoms with Gasteiger partial charge < -0.3 is 11.1 Å². The molecule has 2 amide bonds. The summed E-state index contributed by atoms with van der Waals surface area (Å²) in [5.41, 5.74) is 6.87. The number of hydrogen-bond donors (Lipinski definition) is 2. The highest BCUT2D eigenvalue weighted by Gasteiger charge is 2.11. The fourth-order valence-corrected chi connectivity index (χ4v) is 2.36. The monoisotopic (exact) mass is 338 g/mol. The average Bonchev–Trinajstić information content (AvgIpc) is 3.10. The molecule has 3 N–H and O–H groups in total. The first kappa shape index (κ1) is 16.4. The van der Waals surface area contributed by atoms with Crippen LogP contribution in [0.2, 0.25) is 0 Å². The quantitative estimate of drug-likeness (QED) is 0.748. The molecule has 0 fully saturated rings. The number of hydrogen-bond acceptors (Lipinski definition) is 3. The molecule has 0 atom stereocenters. The Bertz CT molecular complexity index is 905. The summed E-state index contributed by atoms with van der Waals surface area (Å²) in [6.07, 6.45) is 3.29. The fraction of sp³-hybridized carbons (Fsp3) is 0.0556. The van der Waals surface area contributed by atoms with E-state index in [1.54, 1.807) is 42.7 Å². The van der Waals surface area contributed by atoms with Gasteiger partial charge in [0.1, 0.15) is 11.5 Å². The van der Waals surface area contributed by atoms with Crippen molar-refractivity contribution in [3.05, 3.63) is 77.9 Å². The molecule has 0 radical (unpaired) electrons.